The van der Waals surface area contributed by atoms with Crippen molar-refractivity contribution in [2.24, 2.45) is 5.41 Å². The van der Waals surface area contributed by atoms with Crippen LogP contribution in [0.25, 0.3) is 0 Å². The number of carbonyl (C=O) groups excluding carboxylic acids is 2. The summed E-state index contributed by atoms with van der Waals surface area (Å²) in [7, 11) is 1.59. The highest BCUT2D eigenvalue weighted by Crippen LogP contribution is 2.38. The summed E-state index contributed by atoms with van der Waals surface area (Å²) >= 11 is 0. The van der Waals surface area contributed by atoms with Gasteiger partial charge in [0, 0.05) is 23.0 Å². The average Bonchev–Trinajstić information content (AvgIpc) is 2.35. The summed E-state index contributed by atoms with van der Waals surface area (Å²) in [5.74, 6) is 0.868. The van der Waals surface area contributed by atoms with Crippen molar-refractivity contribution in [1.82, 2.24) is 0 Å². The predicted octanol–water partition coefficient (Wildman–Crippen LogP) is 2.59. The Labute approximate surface area is 107 Å². The third-order valence-corrected chi connectivity index (χ3v) is 3.75. The van der Waals surface area contributed by atoms with E-state index in [1.807, 2.05) is 19.9 Å². The molecule has 0 unspecified atom stereocenters. The summed E-state index contributed by atoms with van der Waals surface area (Å²) < 4.78 is 5.28. The van der Waals surface area contributed by atoms with Crippen LogP contribution in [-0.4, -0.2) is 19.2 Å². The lowest BCUT2D eigenvalue weighted by Gasteiger charge is -2.31. The summed E-state index contributed by atoms with van der Waals surface area (Å²) in [6.07, 6.45) is 2.81. The van der Waals surface area contributed by atoms with E-state index >= 15 is 0 Å². The fourth-order valence-corrected chi connectivity index (χ4v) is 2.58. The van der Waals surface area contributed by atoms with Gasteiger partial charge in [-0.15, -0.1) is 0 Å². The molecule has 18 heavy (non-hydrogen) atoms. The molecule has 1 aromatic rings. The molecule has 1 aliphatic rings. The molecule has 3 heteroatoms. The Morgan fingerprint density at radius 3 is 2.72 bits per heavy atom. The predicted molar refractivity (Wildman–Crippen MR) is 69.2 cm³/mol. The number of hydrogen-bond acceptors (Lipinski definition) is 3. The van der Waals surface area contributed by atoms with E-state index < -0.39 is 0 Å². The van der Waals surface area contributed by atoms with E-state index in [1.54, 1.807) is 13.2 Å². The summed E-state index contributed by atoms with van der Waals surface area (Å²) in [5.41, 5.74) is 2.31. The molecule has 0 saturated carbocycles. The minimum Gasteiger partial charge on any atom is -0.496 e. The van der Waals surface area contributed by atoms with Crippen molar-refractivity contribution in [1.29, 1.82) is 0 Å². The molecule has 2 rings (SSSR count). The van der Waals surface area contributed by atoms with Crippen LogP contribution in [0, 0.1) is 5.41 Å². The second kappa shape index (κ2) is 4.56. The maximum absolute atomic E-state index is 12.4. The molecule has 3 nitrogen and oxygen atoms in total. The van der Waals surface area contributed by atoms with Gasteiger partial charge in [-0.2, -0.15) is 0 Å². The lowest BCUT2D eigenvalue weighted by molar-refractivity contribution is -0.107. The van der Waals surface area contributed by atoms with Crippen molar-refractivity contribution in [3.05, 3.63) is 28.8 Å². The zero-order chi connectivity index (χ0) is 13.3. The lowest BCUT2D eigenvalue weighted by Crippen LogP contribution is -2.31. The van der Waals surface area contributed by atoms with E-state index in [1.165, 1.54) is 0 Å². The minimum atomic E-state index is -0.306. The van der Waals surface area contributed by atoms with Crippen LogP contribution in [0.15, 0.2) is 12.1 Å². The molecule has 0 fully saturated rings. The number of ketones is 1. The van der Waals surface area contributed by atoms with Crippen molar-refractivity contribution < 1.29 is 14.3 Å². The van der Waals surface area contributed by atoms with E-state index in [0.717, 1.165) is 35.8 Å². The molecule has 1 aliphatic carbocycles. The standard InChI is InChI=1S/C15H18O3/c1-15(2)8-6-10-11(7-9-16)13(18-3)5-4-12(10)14(15)17/h4-5,9H,6-8H2,1-3H3. The molecule has 0 bridgehead atoms. The van der Waals surface area contributed by atoms with Gasteiger partial charge in [0.25, 0.3) is 0 Å². The smallest absolute Gasteiger partial charge is 0.168 e. The molecule has 96 valence electrons. The topological polar surface area (TPSA) is 43.4 Å². The van der Waals surface area contributed by atoms with Gasteiger partial charge in [0.05, 0.1) is 7.11 Å². The van der Waals surface area contributed by atoms with Crippen molar-refractivity contribution in [3.63, 3.8) is 0 Å². The van der Waals surface area contributed by atoms with Crippen LogP contribution < -0.4 is 4.74 Å². The highest BCUT2D eigenvalue weighted by molar-refractivity contribution is 6.03. The molecule has 0 atom stereocenters. The number of rotatable bonds is 3. The molecule has 0 aromatic heterocycles. The molecule has 0 amide bonds. The molecule has 0 N–H and O–H groups in total. The van der Waals surface area contributed by atoms with Crippen molar-refractivity contribution >= 4 is 12.1 Å². The molecule has 1 aromatic carbocycles. The largest absolute Gasteiger partial charge is 0.496 e. The maximum Gasteiger partial charge on any atom is 0.168 e. The van der Waals surface area contributed by atoms with Crippen molar-refractivity contribution in [2.45, 2.75) is 33.1 Å². The summed E-state index contributed by atoms with van der Waals surface area (Å²) in [5, 5.41) is 0. The van der Waals surface area contributed by atoms with Crippen LogP contribution in [0.3, 0.4) is 0 Å². The molecule has 0 radical (unpaired) electrons. The average molecular weight is 246 g/mol. The Hall–Kier alpha value is -1.64. The number of methoxy groups -OCH3 is 1. The number of benzene rings is 1. The van der Waals surface area contributed by atoms with Crippen LogP contribution in [0.5, 0.6) is 5.75 Å². The third-order valence-electron chi connectivity index (χ3n) is 3.75. The summed E-state index contributed by atoms with van der Waals surface area (Å²) in [4.78, 5) is 23.2. The highest BCUT2D eigenvalue weighted by atomic mass is 16.5. The second-order valence-electron chi connectivity index (χ2n) is 5.36. The first-order valence-corrected chi connectivity index (χ1v) is 6.18. The molecular weight excluding hydrogens is 228 g/mol. The zero-order valence-electron chi connectivity index (χ0n) is 11.1. The van der Waals surface area contributed by atoms with Crippen molar-refractivity contribution in [3.8, 4) is 5.75 Å². The number of hydrogen-bond donors (Lipinski definition) is 0. The number of Topliss-reactive ketones (excluding diaryl/α,β-unsaturated/α-hetero) is 1. The molecule has 0 aliphatic heterocycles. The van der Waals surface area contributed by atoms with Gasteiger partial charge in [-0.1, -0.05) is 13.8 Å². The Bertz CT molecular complexity index is 501. The first kappa shape index (κ1) is 12.8. The molecule has 0 heterocycles. The van der Waals surface area contributed by atoms with E-state index in [-0.39, 0.29) is 11.2 Å². The van der Waals surface area contributed by atoms with Crippen LogP contribution in [0.4, 0.5) is 0 Å². The monoisotopic (exact) mass is 246 g/mol. The zero-order valence-corrected chi connectivity index (χ0v) is 11.1. The number of ether oxygens (including phenoxy) is 1. The summed E-state index contributed by atoms with van der Waals surface area (Å²) in [6.45, 7) is 3.95. The number of fused-ring (bicyclic) bond motifs is 1. The van der Waals surface area contributed by atoms with Gasteiger partial charge in [-0.05, 0) is 30.5 Å². The van der Waals surface area contributed by atoms with Crippen LogP contribution in [-0.2, 0) is 17.6 Å². The van der Waals surface area contributed by atoms with Gasteiger partial charge in [0.2, 0.25) is 0 Å². The Balaban J connectivity index is 2.58. The third kappa shape index (κ3) is 1.94. The normalized spacial score (nSPS) is 17.2. The van der Waals surface area contributed by atoms with Crippen LogP contribution in [0.1, 0.15) is 41.8 Å². The Morgan fingerprint density at radius 2 is 2.11 bits per heavy atom. The first-order chi connectivity index (χ1) is 8.51. The van der Waals surface area contributed by atoms with Gasteiger partial charge in [-0.3, -0.25) is 4.79 Å². The van der Waals surface area contributed by atoms with Gasteiger partial charge in [0.1, 0.15) is 12.0 Å². The van der Waals surface area contributed by atoms with Crippen LogP contribution in [0.2, 0.25) is 0 Å². The quantitative estimate of drug-likeness (QED) is 0.770. The van der Waals surface area contributed by atoms with Crippen LogP contribution >= 0.6 is 0 Å². The number of carbonyl (C=O) groups is 2. The fraction of sp³-hybridized carbons (Fsp3) is 0.467. The minimum absolute atomic E-state index is 0.165. The Morgan fingerprint density at radius 1 is 1.39 bits per heavy atom. The molecule has 0 spiro atoms. The van der Waals surface area contributed by atoms with Gasteiger partial charge < -0.3 is 9.53 Å². The maximum atomic E-state index is 12.4. The van der Waals surface area contributed by atoms with Gasteiger partial charge in [-0.25, -0.2) is 0 Å². The van der Waals surface area contributed by atoms with E-state index in [9.17, 15) is 9.59 Å². The van der Waals surface area contributed by atoms with Gasteiger partial charge >= 0.3 is 0 Å². The lowest BCUT2D eigenvalue weighted by atomic mass is 9.72. The molecular formula is C15H18O3. The fourth-order valence-electron chi connectivity index (χ4n) is 2.58. The van der Waals surface area contributed by atoms with Crippen molar-refractivity contribution in [2.75, 3.05) is 7.11 Å². The highest BCUT2D eigenvalue weighted by Gasteiger charge is 2.35. The number of aldehydes is 1. The SMILES string of the molecule is COc1ccc2c(c1CC=O)CCC(C)(C)C2=O. The Kier molecular flexibility index (Phi) is 3.24. The first-order valence-electron chi connectivity index (χ1n) is 6.18. The van der Waals surface area contributed by atoms with E-state index in [4.69, 9.17) is 4.74 Å². The molecule has 0 saturated heterocycles. The van der Waals surface area contributed by atoms with E-state index in [0.29, 0.717) is 12.2 Å². The van der Waals surface area contributed by atoms with Gasteiger partial charge in [0.15, 0.2) is 5.78 Å². The van der Waals surface area contributed by atoms with E-state index in [2.05, 4.69) is 0 Å². The summed E-state index contributed by atoms with van der Waals surface area (Å²) in [6, 6.07) is 3.61. The second-order valence-corrected chi connectivity index (χ2v) is 5.36.